The van der Waals surface area contributed by atoms with Crippen molar-refractivity contribution in [1.82, 2.24) is 0 Å². The summed E-state index contributed by atoms with van der Waals surface area (Å²) >= 11 is 4.11. The van der Waals surface area contributed by atoms with Crippen molar-refractivity contribution in [2.24, 2.45) is 34.8 Å². The lowest BCUT2D eigenvalue weighted by molar-refractivity contribution is -0.152. The van der Waals surface area contributed by atoms with Gasteiger partial charge >= 0.3 is 47.9 Å². The van der Waals surface area contributed by atoms with E-state index in [0.29, 0.717) is 89.9 Å². The highest BCUT2D eigenvalue weighted by Gasteiger charge is 2.32. The zero-order valence-corrected chi connectivity index (χ0v) is 86.4. The van der Waals surface area contributed by atoms with Crippen LogP contribution in [0.1, 0.15) is 309 Å². The Morgan fingerprint density at radius 3 is 1.20 bits per heavy atom. The molecule has 16 atom stereocenters. The first-order valence-electron chi connectivity index (χ1n) is 47.0. The van der Waals surface area contributed by atoms with Crippen LogP contribution in [-0.2, 0) is 90.3 Å². The summed E-state index contributed by atoms with van der Waals surface area (Å²) < 4.78 is 71.7. The van der Waals surface area contributed by atoms with Gasteiger partial charge in [-0.25, -0.2) is 19.2 Å². The van der Waals surface area contributed by atoms with Crippen LogP contribution in [0, 0.1) is 41.6 Å². The highest BCUT2D eigenvalue weighted by Crippen LogP contribution is 2.21. The molecule has 2 rings (SSSR count). The zero-order chi connectivity index (χ0) is 104. The first-order chi connectivity index (χ1) is 62.2. The van der Waals surface area contributed by atoms with E-state index in [2.05, 4.69) is 88.8 Å². The van der Waals surface area contributed by atoms with Crippen LogP contribution in [0.25, 0.3) is 0 Å². The Balaban J connectivity index is -0.000000156. The molecule has 0 aliphatic carbocycles. The fraction of sp³-hybridized carbons (Fsp3) is 0.814. The molecule has 1 aliphatic heterocycles. The summed E-state index contributed by atoms with van der Waals surface area (Å²) in [6, 6.07) is 5.96. The lowest BCUT2D eigenvalue weighted by atomic mass is 9.89. The molecule has 0 radical (unpaired) electrons. The number of ether oxygens (including phenoxy) is 14. The van der Waals surface area contributed by atoms with Gasteiger partial charge < -0.3 is 128 Å². The molecule has 784 valence electrons. The van der Waals surface area contributed by atoms with Crippen molar-refractivity contribution >= 4 is 60.6 Å². The largest absolute Gasteiger partial charge is 0.508 e. The molecule has 1 aliphatic rings. The number of carboxylic acids is 5. The first-order valence-corrected chi connectivity index (χ1v) is 47.6. The predicted octanol–water partition coefficient (Wildman–Crippen LogP) is 15.6. The van der Waals surface area contributed by atoms with Crippen LogP contribution in [0.5, 0.6) is 0 Å². The molecule has 1 aromatic carbocycles. The van der Waals surface area contributed by atoms with Crippen LogP contribution in [0.4, 0.5) is 4.79 Å². The van der Waals surface area contributed by atoms with Gasteiger partial charge in [0.1, 0.15) is 32.5 Å². The number of unbranched alkanes of at least 4 members (excludes halogenated alkanes) is 3. The number of aliphatic carboxylic acids is 4. The number of carbonyl (C=O) groups excluding carboxylic acids is 3. The first kappa shape index (κ1) is 146. The monoisotopic (exact) mass is 1930 g/mol. The van der Waals surface area contributed by atoms with E-state index in [0.717, 1.165) is 128 Å². The number of carbonyl (C=O) groups is 8. The summed E-state index contributed by atoms with van der Waals surface area (Å²) in [7, 11) is 0. The number of carboxylic acid groups (broad SMARTS) is 5. The fourth-order valence-electron chi connectivity index (χ4n) is 7.45. The SMILES string of the molecule is C#COCC(C)(CC)C(=O)O.C=CC(=O)OCC(O)CCOC(C)CC.CC(C(=O)O)C(C)C(=O)O.CC(C)C(C)C(=O)O.CCC(C)O.CCC(C)OCCC(O)CO.CCC(C)OCCCCN.CCC(C)OCCCCO.CCC(C)OCCCCS.CCC(C)OCCO.CCC(C)OCCOC(=O)c1ccccc1C(=O)O.CCC(C)OCCOCC1COC(=O)O1. The molecule has 1 aromatic rings. The standard InChI is InChI=1S/C14H18O5.C11H20O4.C10H18O5.C8H19NO.C8H12O3.C8H18O3.C8H18O2.C8H18OS.C6H10O4.C6H12O2.C6H14O2.C4H10O/c1-3-10(2)18-8-9-19-14(17)12-7-5-4-6-11(12)13(15)16;1-4-9(3)14-7-6-10(12)8-15-11(13)5-2;1-3-8(2)13-5-4-12-6-9-7-14-10(11)15-9;1-3-8(2)10-7-5-4-6-9;1-4-8(3,7(9)10)6-11-5-2;1-3-7(2)11-5-4-8(10)6-9;1-3-8(2)10-7-5-4-6-9;1-3-8(2)9-6-4-5-7-10;1-3(5(7)8)4(2)6(9)10;1-4(2)5(3)6(7)8;1-3-6(2)8-5-4-7;1-3-4(2)5/h4-7,10H,3,8-9H2,1-2H3,(H,15,16);5,9-10,12H,2,4,6-8H2,1,3H3;8-9H,3-7H2,1-2H3;8H,3-7,9H2,1-2H3;2H,4,6H2,1,3H3,(H,9,10);7-10H,3-6H2,1-2H3;8-9H,3-7H2,1-2H3;8,10H,3-7H2,1-2H3;3-4H,1-2H3,(H,7,8)(H,9,10);4-5H,1-3H3,(H,7,8);6-7H,3-5H2,1-2H3;4-5H,3H2,1-2H3. The van der Waals surface area contributed by atoms with Gasteiger partial charge in [0.25, 0.3) is 0 Å². The lowest BCUT2D eigenvalue weighted by Gasteiger charge is -2.20. The average Bonchev–Trinajstić information content (AvgIpc) is 1.40. The van der Waals surface area contributed by atoms with E-state index in [1.54, 1.807) is 39.8 Å². The Bertz CT molecular complexity index is 2750. The molecule has 1 fully saturated rings. The number of aromatic carboxylic acids is 1. The molecular weight excluding hydrogens is 1740 g/mol. The van der Waals surface area contributed by atoms with E-state index in [1.165, 1.54) is 32.4 Å². The molecule has 0 bridgehead atoms. The quantitative estimate of drug-likeness (QED) is 0.00719. The highest BCUT2D eigenvalue weighted by atomic mass is 32.1. The maximum absolute atomic E-state index is 11.7. The molecule has 0 spiro atoms. The third-order valence-electron chi connectivity index (χ3n) is 19.5. The second kappa shape index (κ2) is 105. The predicted molar refractivity (Wildman–Crippen MR) is 519 cm³/mol. The number of benzene rings is 1. The van der Waals surface area contributed by atoms with Gasteiger partial charge in [-0.2, -0.15) is 12.6 Å². The van der Waals surface area contributed by atoms with Crippen molar-refractivity contribution in [3.05, 3.63) is 48.0 Å². The number of cyclic esters (lactones) is 2. The van der Waals surface area contributed by atoms with E-state index in [9.17, 15) is 43.5 Å². The minimum absolute atomic E-state index is 0.00524. The fourth-order valence-corrected chi connectivity index (χ4v) is 7.68. The second-order valence-corrected chi connectivity index (χ2v) is 32.0. The van der Waals surface area contributed by atoms with Crippen molar-refractivity contribution in [2.75, 3.05) is 125 Å². The van der Waals surface area contributed by atoms with Gasteiger partial charge in [-0.1, -0.05) is 129 Å². The van der Waals surface area contributed by atoms with Crippen LogP contribution in [0.2, 0.25) is 0 Å². The van der Waals surface area contributed by atoms with Crippen molar-refractivity contribution in [1.29, 1.82) is 0 Å². The van der Waals surface area contributed by atoms with E-state index in [1.807, 2.05) is 82.3 Å². The summed E-state index contributed by atoms with van der Waals surface area (Å²) in [5, 5.41) is 94.5. The number of aliphatic hydroxyl groups excluding tert-OH is 6. The van der Waals surface area contributed by atoms with Crippen LogP contribution in [-0.4, -0.2) is 302 Å². The van der Waals surface area contributed by atoms with Crippen LogP contribution in [0.3, 0.4) is 0 Å². The minimum Gasteiger partial charge on any atom is -0.481 e. The Hall–Kier alpha value is -6.41. The van der Waals surface area contributed by atoms with Crippen molar-refractivity contribution in [2.45, 2.75) is 362 Å². The van der Waals surface area contributed by atoms with Gasteiger partial charge in [0.15, 0.2) is 6.10 Å². The summed E-state index contributed by atoms with van der Waals surface area (Å²) in [4.78, 5) is 85.0. The molecule has 34 nitrogen and oxygen atoms in total. The smallest absolute Gasteiger partial charge is 0.481 e. The molecule has 0 aromatic heterocycles. The van der Waals surface area contributed by atoms with Crippen molar-refractivity contribution < 1.29 is 161 Å². The van der Waals surface area contributed by atoms with E-state index >= 15 is 0 Å². The van der Waals surface area contributed by atoms with Crippen LogP contribution >= 0.6 is 12.6 Å². The third-order valence-corrected chi connectivity index (χ3v) is 19.8. The highest BCUT2D eigenvalue weighted by molar-refractivity contribution is 7.80. The van der Waals surface area contributed by atoms with Gasteiger partial charge in [-0.15, -0.1) is 0 Å². The van der Waals surface area contributed by atoms with Gasteiger partial charge in [-0.3, -0.25) is 19.2 Å². The Morgan fingerprint density at radius 1 is 0.515 bits per heavy atom. The van der Waals surface area contributed by atoms with Crippen molar-refractivity contribution in [3.8, 4) is 12.5 Å². The normalized spacial score (nSPS) is 15.0. The number of esters is 2. The van der Waals surface area contributed by atoms with E-state index < -0.39 is 77.4 Å². The molecule has 16 unspecified atom stereocenters. The number of terminal acetylenes is 1. The van der Waals surface area contributed by atoms with E-state index in [4.69, 9.17) is 115 Å². The van der Waals surface area contributed by atoms with Gasteiger partial charge in [0.2, 0.25) is 0 Å². The maximum atomic E-state index is 11.7. The summed E-state index contributed by atoms with van der Waals surface area (Å²) in [6.45, 7) is 58.7. The number of hydrogen-bond acceptors (Lipinski definition) is 30. The number of aliphatic hydroxyl groups is 6. The summed E-state index contributed by atoms with van der Waals surface area (Å²) in [5.74, 6) is -6.69. The zero-order valence-electron chi connectivity index (χ0n) is 85.5. The van der Waals surface area contributed by atoms with Gasteiger partial charge in [0.05, 0.1) is 148 Å². The topological polar surface area (TPSA) is 514 Å². The average molecular weight is 1930 g/mol. The number of thiol groups is 1. The maximum Gasteiger partial charge on any atom is 0.508 e. The Labute approximate surface area is 799 Å². The minimum atomic E-state index is -1.15. The molecule has 0 saturated carbocycles. The summed E-state index contributed by atoms with van der Waals surface area (Å²) in [5.41, 5.74) is 4.46. The number of nitrogens with two attached hydrogens (primary N) is 1. The third kappa shape index (κ3) is 107. The van der Waals surface area contributed by atoms with Gasteiger partial charge in [0, 0.05) is 52.1 Å². The number of rotatable bonds is 60. The molecule has 0 amide bonds. The van der Waals surface area contributed by atoms with Crippen LogP contribution in [0.15, 0.2) is 36.9 Å². The molecule has 13 N–H and O–H groups in total. The summed E-state index contributed by atoms with van der Waals surface area (Å²) in [6.07, 6.45) is 24.7. The second-order valence-electron chi connectivity index (χ2n) is 31.6. The number of hydrogen-bond donors (Lipinski definition) is 13. The van der Waals surface area contributed by atoms with E-state index in [-0.39, 0.29) is 106 Å². The van der Waals surface area contributed by atoms with Crippen LogP contribution < -0.4 is 5.73 Å². The molecule has 35 heteroatoms. The van der Waals surface area contributed by atoms with Crippen molar-refractivity contribution in [3.63, 3.8) is 0 Å². The Kier molecular flexibility index (Phi) is 116. The lowest BCUT2D eigenvalue weighted by Crippen LogP contribution is -2.31. The molecule has 132 heavy (non-hydrogen) atoms. The Morgan fingerprint density at radius 2 is 0.894 bits per heavy atom. The molecule has 1 heterocycles. The molecular formula is C97H187NO33S. The van der Waals surface area contributed by atoms with Gasteiger partial charge in [-0.05, 0) is 209 Å². The molecule has 1 saturated heterocycles.